The summed E-state index contributed by atoms with van der Waals surface area (Å²) in [5.74, 6) is 2.57. The molecule has 0 amide bonds. The van der Waals surface area contributed by atoms with Gasteiger partial charge in [0.1, 0.15) is 0 Å². The summed E-state index contributed by atoms with van der Waals surface area (Å²) in [5.41, 5.74) is 1.31. The van der Waals surface area contributed by atoms with Crippen molar-refractivity contribution in [2.45, 2.75) is 12.5 Å². The van der Waals surface area contributed by atoms with Crippen LogP contribution in [0.3, 0.4) is 0 Å². The average molecular weight is 197 g/mol. The summed E-state index contributed by atoms with van der Waals surface area (Å²) in [6, 6.07) is 2.84. The molecule has 1 aliphatic heterocycles. The zero-order valence-electron chi connectivity index (χ0n) is 7.86. The first-order chi connectivity index (χ1) is 6.36. The molecule has 2 heterocycles. The lowest BCUT2D eigenvalue weighted by molar-refractivity contribution is 0.571. The second-order valence-electron chi connectivity index (χ2n) is 3.38. The summed E-state index contributed by atoms with van der Waals surface area (Å²) in [5, 5.41) is 7.66. The van der Waals surface area contributed by atoms with Crippen LogP contribution in [-0.4, -0.2) is 33.9 Å². The first-order valence-corrected chi connectivity index (χ1v) is 5.80. The summed E-state index contributed by atoms with van der Waals surface area (Å²) in [6.45, 7) is 1.07. The predicted molar refractivity (Wildman–Crippen MR) is 56.0 cm³/mol. The van der Waals surface area contributed by atoms with Crippen LogP contribution >= 0.6 is 11.8 Å². The summed E-state index contributed by atoms with van der Waals surface area (Å²) in [6.07, 6.45) is 2.94. The lowest BCUT2D eigenvalue weighted by Gasteiger charge is -2.25. The normalized spacial score (nSPS) is 17.3. The fourth-order valence-electron chi connectivity index (χ4n) is 1.40. The third kappa shape index (κ3) is 2.25. The quantitative estimate of drug-likeness (QED) is 0.769. The molecule has 0 spiro atoms. The van der Waals surface area contributed by atoms with Crippen LogP contribution in [0.5, 0.6) is 0 Å². The van der Waals surface area contributed by atoms with Crippen molar-refractivity contribution in [3.8, 4) is 0 Å². The number of aryl methyl sites for hydroxylation is 1. The number of nitrogens with zero attached hydrogens (tertiary/aromatic N) is 2. The number of nitrogens with one attached hydrogen (secondary N) is 1. The van der Waals surface area contributed by atoms with Crippen molar-refractivity contribution in [3.05, 3.63) is 18.0 Å². The molecular weight excluding hydrogens is 182 g/mol. The van der Waals surface area contributed by atoms with Crippen LogP contribution in [0.2, 0.25) is 0 Å². The first kappa shape index (κ1) is 9.09. The molecule has 2 rings (SSSR count). The molecule has 3 nitrogen and oxygen atoms in total. The SMILES string of the molecule is Cn1nccc1CCNC1CSC1. The summed E-state index contributed by atoms with van der Waals surface area (Å²) < 4.78 is 1.94. The summed E-state index contributed by atoms with van der Waals surface area (Å²) in [4.78, 5) is 0. The van der Waals surface area contributed by atoms with E-state index in [9.17, 15) is 0 Å². The maximum atomic E-state index is 4.13. The predicted octanol–water partition coefficient (Wildman–Crippen LogP) is 0.668. The second-order valence-corrected chi connectivity index (χ2v) is 4.46. The first-order valence-electron chi connectivity index (χ1n) is 4.64. The van der Waals surface area contributed by atoms with Gasteiger partial charge in [-0.25, -0.2) is 0 Å². The second kappa shape index (κ2) is 4.15. The fraction of sp³-hybridized carbons (Fsp3) is 0.667. The summed E-state index contributed by atoms with van der Waals surface area (Å²) in [7, 11) is 1.99. The molecule has 1 fully saturated rings. The Hall–Kier alpha value is -0.480. The van der Waals surface area contributed by atoms with Gasteiger partial charge in [0.15, 0.2) is 0 Å². The van der Waals surface area contributed by atoms with Gasteiger partial charge in [-0.2, -0.15) is 16.9 Å². The Balaban J connectivity index is 1.70. The van der Waals surface area contributed by atoms with E-state index in [4.69, 9.17) is 0 Å². The molecule has 0 unspecified atom stereocenters. The molecule has 72 valence electrons. The van der Waals surface area contributed by atoms with Crippen LogP contribution in [0.4, 0.5) is 0 Å². The Morgan fingerprint density at radius 2 is 2.54 bits per heavy atom. The van der Waals surface area contributed by atoms with E-state index >= 15 is 0 Å². The molecule has 0 bridgehead atoms. The van der Waals surface area contributed by atoms with Crippen molar-refractivity contribution in [1.82, 2.24) is 15.1 Å². The minimum atomic E-state index is 0.762. The molecule has 0 aromatic carbocycles. The monoisotopic (exact) mass is 197 g/mol. The fourth-order valence-corrected chi connectivity index (χ4v) is 2.11. The van der Waals surface area contributed by atoms with E-state index in [1.807, 2.05) is 29.7 Å². The molecule has 4 heteroatoms. The molecule has 13 heavy (non-hydrogen) atoms. The molecule has 1 aliphatic rings. The Morgan fingerprint density at radius 1 is 1.69 bits per heavy atom. The highest BCUT2D eigenvalue weighted by Gasteiger charge is 2.16. The molecule has 0 saturated carbocycles. The number of thioether (sulfide) groups is 1. The van der Waals surface area contributed by atoms with E-state index in [1.165, 1.54) is 17.2 Å². The average Bonchev–Trinajstić information content (AvgIpc) is 2.42. The molecule has 0 aliphatic carbocycles. The largest absolute Gasteiger partial charge is 0.312 e. The van der Waals surface area contributed by atoms with Gasteiger partial charge in [-0.1, -0.05) is 0 Å². The third-order valence-corrected chi connectivity index (χ3v) is 3.65. The van der Waals surface area contributed by atoms with Gasteiger partial charge in [-0.05, 0) is 6.07 Å². The summed E-state index contributed by atoms with van der Waals surface area (Å²) >= 11 is 2.02. The molecule has 1 saturated heterocycles. The van der Waals surface area contributed by atoms with Crippen LogP contribution in [0.25, 0.3) is 0 Å². The van der Waals surface area contributed by atoms with Crippen molar-refractivity contribution >= 4 is 11.8 Å². The standard InChI is InChI=1S/C9H15N3S/c1-12-9(3-5-11-12)2-4-10-8-6-13-7-8/h3,5,8,10H,2,4,6-7H2,1H3. The van der Waals surface area contributed by atoms with Gasteiger partial charge < -0.3 is 5.32 Å². The topological polar surface area (TPSA) is 29.9 Å². The maximum Gasteiger partial charge on any atom is 0.0492 e. The molecule has 0 radical (unpaired) electrons. The van der Waals surface area contributed by atoms with E-state index in [0.29, 0.717) is 0 Å². The highest BCUT2D eigenvalue weighted by Crippen LogP contribution is 2.16. The van der Waals surface area contributed by atoms with E-state index in [1.54, 1.807) is 0 Å². The lowest BCUT2D eigenvalue weighted by Crippen LogP contribution is -2.41. The number of aromatic nitrogens is 2. The van der Waals surface area contributed by atoms with Crippen LogP contribution in [0.15, 0.2) is 12.3 Å². The zero-order chi connectivity index (χ0) is 9.10. The van der Waals surface area contributed by atoms with Crippen LogP contribution < -0.4 is 5.32 Å². The van der Waals surface area contributed by atoms with Crippen molar-refractivity contribution in [2.24, 2.45) is 7.05 Å². The smallest absolute Gasteiger partial charge is 0.0492 e. The zero-order valence-corrected chi connectivity index (χ0v) is 8.68. The van der Waals surface area contributed by atoms with Crippen LogP contribution in [-0.2, 0) is 13.5 Å². The molecule has 1 aromatic rings. The molecule has 1 N–H and O–H groups in total. The van der Waals surface area contributed by atoms with Gasteiger partial charge in [0.2, 0.25) is 0 Å². The van der Waals surface area contributed by atoms with Gasteiger partial charge >= 0.3 is 0 Å². The van der Waals surface area contributed by atoms with Gasteiger partial charge in [-0.3, -0.25) is 4.68 Å². The van der Waals surface area contributed by atoms with Gasteiger partial charge in [0.25, 0.3) is 0 Å². The molecule has 1 aromatic heterocycles. The van der Waals surface area contributed by atoms with Gasteiger partial charge in [0, 0.05) is 49.5 Å². The highest BCUT2D eigenvalue weighted by atomic mass is 32.2. The Bertz CT molecular complexity index is 268. The van der Waals surface area contributed by atoms with Crippen LogP contribution in [0.1, 0.15) is 5.69 Å². The Kier molecular flexibility index (Phi) is 2.90. The van der Waals surface area contributed by atoms with E-state index in [-0.39, 0.29) is 0 Å². The number of hydrogen-bond donors (Lipinski definition) is 1. The van der Waals surface area contributed by atoms with Crippen molar-refractivity contribution in [1.29, 1.82) is 0 Å². The minimum absolute atomic E-state index is 0.762. The minimum Gasteiger partial charge on any atom is -0.312 e. The lowest BCUT2D eigenvalue weighted by atomic mass is 10.3. The number of hydrogen-bond acceptors (Lipinski definition) is 3. The number of rotatable bonds is 4. The Morgan fingerprint density at radius 3 is 3.08 bits per heavy atom. The van der Waals surface area contributed by atoms with Crippen LogP contribution in [0, 0.1) is 0 Å². The van der Waals surface area contributed by atoms with Crippen molar-refractivity contribution in [2.75, 3.05) is 18.1 Å². The molecular formula is C9H15N3S. The third-order valence-electron chi connectivity index (χ3n) is 2.37. The maximum absolute atomic E-state index is 4.13. The van der Waals surface area contributed by atoms with E-state index in [2.05, 4.69) is 16.5 Å². The van der Waals surface area contributed by atoms with E-state index < -0.39 is 0 Å². The molecule has 0 atom stereocenters. The highest BCUT2D eigenvalue weighted by molar-refractivity contribution is 8.00. The van der Waals surface area contributed by atoms with Gasteiger partial charge in [-0.15, -0.1) is 0 Å². The van der Waals surface area contributed by atoms with E-state index in [0.717, 1.165) is 19.0 Å². The Labute approximate surface area is 82.9 Å². The van der Waals surface area contributed by atoms with Crippen molar-refractivity contribution in [3.63, 3.8) is 0 Å². The van der Waals surface area contributed by atoms with Crippen molar-refractivity contribution < 1.29 is 0 Å². The van der Waals surface area contributed by atoms with Gasteiger partial charge in [0.05, 0.1) is 0 Å².